The van der Waals surface area contributed by atoms with Gasteiger partial charge in [-0.15, -0.1) is 0 Å². The summed E-state index contributed by atoms with van der Waals surface area (Å²) in [7, 11) is 0. The molecule has 0 spiro atoms. The number of aromatic nitrogens is 3. The number of ether oxygens (including phenoxy) is 1. The molecule has 0 saturated carbocycles. The molecule has 1 aliphatic heterocycles. The summed E-state index contributed by atoms with van der Waals surface area (Å²) >= 11 is 0. The number of nitrogens with one attached hydrogen (secondary N) is 1. The summed E-state index contributed by atoms with van der Waals surface area (Å²) in [6.07, 6.45) is 0. The largest absolute Gasteiger partial charge is 0.594 e. The van der Waals surface area contributed by atoms with Crippen LogP contribution in [0.3, 0.4) is 0 Å². The molecule has 7 nitrogen and oxygen atoms in total. The molecule has 0 radical (unpaired) electrons. The van der Waals surface area contributed by atoms with E-state index in [9.17, 15) is 5.21 Å². The van der Waals surface area contributed by atoms with E-state index < -0.39 is 0 Å². The molecule has 1 N–H and O–H groups in total. The summed E-state index contributed by atoms with van der Waals surface area (Å²) in [6.45, 7) is 9.28. The van der Waals surface area contributed by atoms with Crippen molar-refractivity contribution in [3.63, 3.8) is 0 Å². The number of hydrogen-bond donors (Lipinski definition) is 1. The fourth-order valence-electron chi connectivity index (χ4n) is 2.65. The van der Waals surface area contributed by atoms with E-state index in [0.29, 0.717) is 34.3 Å². The lowest BCUT2D eigenvalue weighted by Gasteiger charge is -2.26. The third kappa shape index (κ3) is 3.86. The number of fused-ring (bicyclic) bond motifs is 1. The average Bonchev–Trinajstić information content (AvgIpc) is 2.55. The first-order valence-corrected chi connectivity index (χ1v) is 8.09. The second-order valence-electron chi connectivity index (χ2n) is 6.09. The van der Waals surface area contributed by atoms with Crippen molar-refractivity contribution in [1.29, 1.82) is 0 Å². The summed E-state index contributed by atoms with van der Waals surface area (Å²) in [5.41, 5.74) is 2.33. The molecule has 1 aromatic heterocycles. The Hall–Kier alpha value is -1.99. The van der Waals surface area contributed by atoms with Crippen LogP contribution in [-0.4, -0.2) is 54.4 Å². The lowest BCUT2D eigenvalue weighted by atomic mass is 10.0. The van der Waals surface area contributed by atoms with E-state index in [1.54, 1.807) is 6.07 Å². The van der Waals surface area contributed by atoms with Gasteiger partial charge in [0.25, 0.3) is 11.5 Å². The first-order chi connectivity index (χ1) is 11.1. The van der Waals surface area contributed by atoms with E-state index >= 15 is 0 Å². The highest BCUT2D eigenvalue weighted by molar-refractivity contribution is 5.72. The highest BCUT2D eigenvalue weighted by Crippen LogP contribution is 2.18. The van der Waals surface area contributed by atoms with Crippen LogP contribution in [0.4, 0.5) is 5.95 Å². The molecule has 0 aliphatic carbocycles. The van der Waals surface area contributed by atoms with Gasteiger partial charge in [-0.3, -0.25) is 4.90 Å². The Kier molecular flexibility index (Phi) is 4.88. The Balaban J connectivity index is 1.70. The zero-order valence-electron chi connectivity index (χ0n) is 13.7. The second-order valence-corrected chi connectivity index (χ2v) is 6.09. The smallest absolute Gasteiger partial charge is 0.290 e. The van der Waals surface area contributed by atoms with Crippen molar-refractivity contribution < 1.29 is 9.58 Å². The summed E-state index contributed by atoms with van der Waals surface area (Å²) in [5.74, 6) is 0.772. The molecule has 1 saturated heterocycles. The van der Waals surface area contributed by atoms with Crippen LogP contribution < -0.4 is 10.2 Å². The van der Waals surface area contributed by atoms with Crippen LogP contribution in [0.1, 0.15) is 25.3 Å². The van der Waals surface area contributed by atoms with Crippen molar-refractivity contribution in [1.82, 2.24) is 15.0 Å². The molecule has 2 heterocycles. The summed E-state index contributed by atoms with van der Waals surface area (Å²) in [5, 5.41) is 19.1. The first kappa shape index (κ1) is 15.9. The summed E-state index contributed by atoms with van der Waals surface area (Å²) in [6, 6.07) is 5.70. The molecule has 0 atom stereocenters. The van der Waals surface area contributed by atoms with Gasteiger partial charge in [0.2, 0.25) is 0 Å². The quantitative estimate of drug-likeness (QED) is 0.658. The molecule has 1 aromatic carbocycles. The van der Waals surface area contributed by atoms with Gasteiger partial charge in [-0.25, -0.2) is 4.98 Å². The molecular weight excluding hydrogens is 294 g/mol. The maximum absolute atomic E-state index is 12.0. The zero-order chi connectivity index (χ0) is 16.2. The summed E-state index contributed by atoms with van der Waals surface area (Å²) in [4.78, 5) is 7.44. The maximum atomic E-state index is 12.0. The number of morpholine rings is 1. The van der Waals surface area contributed by atoms with Gasteiger partial charge in [-0.1, -0.05) is 19.9 Å². The van der Waals surface area contributed by atoms with Crippen molar-refractivity contribution in [2.45, 2.75) is 19.8 Å². The molecule has 3 rings (SSSR count). The van der Waals surface area contributed by atoms with Crippen LogP contribution in [0.2, 0.25) is 0 Å². The van der Waals surface area contributed by atoms with Crippen LogP contribution in [0.5, 0.6) is 0 Å². The van der Waals surface area contributed by atoms with Gasteiger partial charge >= 0.3 is 0 Å². The minimum absolute atomic E-state index is 0.377. The number of nitrogens with zero attached hydrogens (tertiary/aromatic N) is 4. The van der Waals surface area contributed by atoms with Crippen molar-refractivity contribution in [2.75, 3.05) is 44.7 Å². The minimum atomic E-state index is 0.377. The van der Waals surface area contributed by atoms with Crippen molar-refractivity contribution in [3.05, 3.63) is 29.0 Å². The number of anilines is 1. The molecule has 7 heteroatoms. The van der Waals surface area contributed by atoms with E-state index in [1.807, 2.05) is 12.1 Å². The Morgan fingerprint density at radius 1 is 1.35 bits per heavy atom. The summed E-state index contributed by atoms with van der Waals surface area (Å²) < 4.78 is 5.33. The van der Waals surface area contributed by atoms with Crippen LogP contribution >= 0.6 is 0 Å². The molecule has 0 bridgehead atoms. The first-order valence-electron chi connectivity index (χ1n) is 8.09. The van der Waals surface area contributed by atoms with Crippen molar-refractivity contribution in [3.8, 4) is 0 Å². The van der Waals surface area contributed by atoms with Gasteiger partial charge in [0, 0.05) is 32.2 Å². The minimum Gasteiger partial charge on any atom is -0.594 e. The Bertz CT molecular complexity index is 671. The third-order valence-electron chi connectivity index (χ3n) is 4.10. The highest BCUT2D eigenvalue weighted by Gasteiger charge is 2.13. The predicted molar refractivity (Wildman–Crippen MR) is 88.3 cm³/mol. The van der Waals surface area contributed by atoms with E-state index in [4.69, 9.17) is 4.74 Å². The molecule has 2 aromatic rings. The number of rotatable bonds is 5. The molecule has 1 aliphatic rings. The van der Waals surface area contributed by atoms with Crippen molar-refractivity contribution >= 4 is 17.0 Å². The van der Waals surface area contributed by atoms with E-state index in [-0.39, 0.29) is 0 Å². The van der Waals surface area contributed by atoms with E-state index in [0.717, 1.165) is 38.4 Å². The van der Waals surface area contributed by atoms with Gasteiger partial charge < -0.3 is 15.3 Å². The van der Waals surface area contributed by atoms with Crippen LogP contribution in [0.15, 0.2) is 18.2 Å². The van der Waals surface area contributed by atoms with Gasteiger partial charge in [-0.2, -0.15) is 0 Å². The third-order valence-corrected chi connectivity index (χ3v) is 4.10. The molecule has 23 heavy (non-hydrogen) atoms. The van der Waals surface area contributed by atoms with E-state index in [1.165, 1.54) is 0 Å². The van der Waals surface area contributed by atoms with Crippen LogP contribution in [-0.2, 0) is 4.74 Å². The fourth-order valence-corrected chi connectivity index (χ4v) is 2.65. The van der Waals surface area contributed by atoms with Crippen LogP contribution in [0.25, 0.3) is 11.0 Å². The molecule has 1 fully saturated rings. The maximum Gasteiger partial charge on any atom is 0.290 e. The Labute approximate surface area is 135 Å². The van der Waals surface area contributed by atoms with Crippen LogP contribution in [0, 0.1) is 5.21 Å². The van der Waals surface area contributed by atoms with Gasteiger partial charge in [0.1, 0.15) is 5.52 Å². The zero-order valence-corrected chi connectivity index (χ0v) is 13.7. The Morgan fingerprint density at radius 2 is 2.13 bits per heavy atom. The van der Waals surface area contributed by atoms with Gasteiger partial charge in [-0.05, 0) is 22.4 Å². The molecule has 0 amide bonds. The monoisotopic (exact) mass is 317 g/mol. The standard InChI is InChI=1S/C16H23N5O2/c1-12(2)13-3-4-15-14(11-13)18-16(19-21(15)22)17-5-6-20-7-9-23-10-8-20/h3-4,11-12H,5-10H2,1-2H3,(H,17,18,19). The number of hydrogen-bond acceptors (Lipinski definition) is 6. The predicted octanol–water partition coefficient (Wildman–Crippen LogP) is 1.13. The van der Waals surface area contributed by atoms with Gasteiger partial charge in [0.15, 0.2) is 0 Å². The topological polar surface area (TPSA) is 77.2 Å². The fraction of sp³-hybridized carbons (Fsp3) is 0.562. The average molecular weight is 317 g/mol. The molecular formula is C16H23N5O2. The Morgan fingerprint density at radius 3 is 2.87 bits per heavy atom. The lowest BCUT2D eigenvalue weighted by molar-refractivity contribution is -0.641. The normalized spacial score (nSPS) is 16.1. The SMILES string of the molecule is CC(C)c1ccc2c(c1)nc(NCCN1CCOCC1)n[n+]2[O-]. The number of benzene rings is 1. The lowest BCUT2D eigenvalue weighted by Crippen LogP contribution is -2.39. The van der Waals surface area contributed by atoms with E-state index in [2.05, 4.69) is 34.1 Å². The van der Waals surface area contributed by atoms with Crippen molar-refractivity contribution in [2.24, 2.45) is 0 Å². The molecule has 0 unspecified atom stereocenters. The second kappa shape index (κ2) is 7.06. The highest BCUT2D eigenvalue weighted by atomic mass is 16.5. The molecule has 124 valence electrons. The van der Waals surface area contributed by atoms with Gasteiger partial charge in [0.05, 0.1) is 18.3 Å².